The lowest BCUT2D eigenvalue weighted by Crippen LogP contribution is -2.43. The van der Waals surface area contributed by atoms with Gasteiger partial charge in [-0.2, -0.15) is 0 Å². The Kier molecular flexibility index (Phi) is 4.53. The number of carbonyl (C=O) groups excluding carboxylic acids is 2. The van der Waals surface area contributed by atoms with Crippen LogP contribution in [0.5, 0.6) is 0 Å². The fraction of sp³-hybridized carbons (Fsp3) is 0.400. The number of rotatable bonds is 5. The number of aromatic nitrogens is 3. The van der Waals surface area contributed by atoms with Crippen LogP contribution in [-0.4, -0.2) is 38.1 Å². The predicted molar refractivity (Wildman–Crippen MR) is 108 cm³/mol. The van der Waals surface area contributed by atoms with E-state index in [1.54, 1.807) is 28.2 Å². The highest BCUT2D eigenvalue weighted by Gasteiger charge is 2.44. The zero-order valence-corrected chi connectivity index (χ0v) is 16.7. The molecule has 0 bridgehead atoms. The number of fused-ring (bicyclic) bond motifs is 1. The highest BCUT2D eigenvalue weighted by Crippen LogP contribution is 2.35. The van der Waals surface area contributed by atoms with Gasteiger partial charge < -0.3 is 15.0 Å². The van der Waals surface area contributed by atoms with Crippen LogP contribution >= 0.6 is 11.3 Å². The van der Waals surface area contributed by atoms with Crippen LogP contribution in [0.3, 0.4) is 0 Å². The zero-order valence-electron chi connectivity index (χ0n) is 15.9. The van der Waals surface area contributed by atoms with E-state index in [-0.39, 0.29) is 29.7 Å². The van der Waals surface area contributed by atoms with Crippen molar-refractivity contribution in [3.8, 4) is 11.3 Å². The molecule has 5 rings (SSSR count). The summed E-state index contributed by atoms with van der Waals surface area (Å²) in [6, 6.07) is 2.47. The lowest BCUT2D eigenvalue weighted by atomic mass is 10.2. The first-order valence-electron chi connectivity index (χ1n) is 9.83. The summed E-state index contributed by atoms with van der Waals surface area (Å²) < 4.78 is 29.3. The molecule has 3 heterocycles. The molecule has 1 atom stereocenters. The largest absolute Gasteiger partial charge is 0.341 e. The van der Waals surface area contributed by atoms with Crippen LogP contribution in [0, 0.1) is 5.92 Å². The van der Waals surface area contributed by atoms with E-state index in [2.05, 4.69) is 20.6 Å². The van der Waals surface area contributed by atoms with Crippen LogP contribution in [0.2, 0.25) is 0 Å². The first-order valence-corrected chi connectivity index (χ1v) is 10.7. The van der Waals surface area contributed by atoms with Crippen LogP contribution in [0.4, 0.5) is 14.6 Å². The first-order chi connectivity index (χ1) is 14.4. The number of nitrogens with zero attached hydrogens (tertiary/aromatic N) is 3. The quantitative estimate of drug-likeness (QED) is 0.644. The number of hydrogen-bond acceptors (Lipinski definition) is 5. The second-order valence-electron chi connectivity index (χ2n) is 7.79. The van der Waals surface area contributed by atoms with Crippen molar-refractivity contribution in [2.24, 2.45) is 5.92 Å². The van der Waals surface area contributed by atoms with Gasteiger partial charge in [0.15, 0.2) is 10.8 Å². The van der Waals surface area contributed by atoms with Gasteiger partial charge >= 0.3 is 0 Å². The lowest BCUT2D eigenvalue weighted by Gasteiger charge is -2.19. The van der Waals surface area contributed by atoms with Crippen molar-refractivity contribution in [3.05, 3.63) is 34.9 Å². The lowest BCUT2D eigenvalue weighted by molar-refractivity contribution is -0.117. The molecule has 2 N–H and O–H groups in total. The molecule has 2 aliphatic rings. The van der Waals surface area contributed by atoms with Crippen molar-refractivity contribution < 1.29 is 18.4 Å². The van der Waals surface area contributed by atoms with Gasteiger partial charge in [0.1, 0.15) is 5.65 Å². The third-order valence-corrected chi connectivity index (χ3v) is 6.30. The van der Waals surface area contributed by atoms with E-state index in [0.717, 1.165) is 29.7 Å². The van der Waals surface area contributed by atoms with Crippen LogP contribution in [0.15, 0.2) is 29.9 Å². The van der Waals surface area contributed by atoms with E-state index >= 15 is 0 Å². The summed E-state index contributed by atoms with van der Waals surface area (Å²) in [6.45, 7) is 0. The topological polar surface area (TPSA) is 88.4 Å². The zero-order chi connectivity index (χ0) is 20.9. The second-order valence-corrected chi connectivity index (χ2v) is 8.65. The maximum absolute atomic E-state index is 13.8. The summed E-state index contributed by atoms with van der Waals surface area (Å²) in [5, 5.41) is 7.10. The molecule has 0 spiro atoms. The molecule has 10 heteroatoms. The van der Waals surface area contributed by atoms with Crippen LogP contribution < -0.4 is 10.6 Å². The van der Waals surface area contributed by atoms with Crippen molar-refractivity contribution in [2.75, 3.05) is 5.32 Å². The monoisotopic (exact) mass is 431 g/mol. The minimum absolute atomic E-state index is 0.0124. The molecule has 2 saturated carbocycles. The number of nitrogens with one attached hydrogen (secondary N) is 2. The molecule has 0 radical (unpaired) electrons. The van der Waals surface area contributed by atoms with Gasteiger partial charge in [-0.25, -0.2) is 18.7 Å². The fourth-order valence-electron chi connectivity index (χ4n) is 3.61. The molecule has 0 aliphatic heterocycles. The van der Waals surface area contributed by atoms with Gasteiger partial charge in [-0.1, -0.05) is 0 Å². The van der Waals surface area contributed by atoms with Crippen molar-refractivity contribution in [1.82, 2.24) is 19.7 Å². The van der Waals surface area contributed by atoms with Gasteiger partial charge in [0.2, 0.25) is 5.91 Å². The predicted octanol–water partition coefficient (Wildman–Crippen LogP) is 3.72. The molecule has 7 nitrogen and oxygen atoms in total. The Morgan fingerprint density at radius 2 is 2.00 bits per heavy atom. The number of hydrogen-bond donors (Lipinski definition) is 2. The fourth-order valence-corrected chi connectivity index (χ4v) is 4.34. The summed E-state index contributed by atoms with van der Waals surface area (Å²) in [5.41, 5.74) is 1.99. The average Bonchev–Trinajstić information content (AvgIpc) is 3.15. The molecule has 3 aromatic rings. The summed E-state index contributed by atoms with van der Waals surface area (Å²) in [4.78, 5) is 33.0. The Labute approximate surface area is 174 Å². The Bertz CT molecular complexity index is 1140. The van der Waals surface area contributed by atoms with Gasteiger partial charge in [0.25, 0.3) is 11.8 Å². The van der Waals surface area contributed by atoms with E-state index in [0.29, 0.717) is 23.6 Å². The third kappa shape index (κ3) is 3.67. The maximum Gasteiger partial charge on any atom is 0.280 e. The molecule has 2 aliphatic carbocycles. The molecule has 0 saturated heterocycles. The van der Waals surface area contributed by atoms with Crippen molar-refractivity contribution in [1.29, 1.82) is 0 Å². The smallest absolute Gasteiger partial charge is 0.280 e. The molecule has 30 heavy (non-hydrogen) atoms. The van der Waals surface area contributed by atoms with Gasteiger partial charge in [-0.3, -0.25) is 9.59 Å². The molecule has 2 amide bonds. The van der Waals surface area contributed by atoms with Crippen molar-refractivity contribution in [2.45, 2.75) is 44.1 Å². The van der Waals surface area contributed by atoms with Crippen LogP contribution in [0.1, 0.15) is 41.9 Å². The van der Waals surface area contributed by atoms with Crippen molar-refractivity contribution in [3.63, 3.8) is 0 Å². The Balaban J connectivity index is 1.32. The molecule has 3 aromatic heterocycles. The van der Waals surface area contributed by atoms with Gasteiger partial charge in [0, 0.05) is 29.5 Å². The Morgan fingerprint density at radius 1 is 1.17 bits per heavy atom. The van der Waals surface area contributed by atoms with Crippen LogP contribution in [-0.2, 0) is 4.79 Å². The summed E-state index contributed by atoms with van der Waals surface area (Å²) in [6.07, 6.45) is 5.83. The number of imidazole rings is 1. The number of carbonyl (C=O) groups is 2. The minimum atomic E-state index is -2.87. The molecule has 1 unspecified atom stereocenters. The highest BCUT2D eigenvalue weighted by atomic mass is 32.1. The summed E-state index contributed by atoms with van der Waals surface area (Å²) in [5.74, 6) is -2.88. The molecule has 0 aromatic carbocycles. The first kappa shape index (κ1) is 19.1. The number of alkyl halides is 2. The summed E-state index contributed by atoms with van der Waals surface area (Å²) in [7, 11) is 0. The number of amides is 2. The average molecular weight is 431 g/mol. The minimum Gasteiger partial charge on any atom is -0.341 e. The molecule has 2 fully saturated rings. The molecular weight excluding hydrogens is 412 g/mol. The van der Waals surface area contributed by atoms with E-state index in [1.165, 1.54) is 0 Å². The van der Waals surface area contributed by atoms with Crippen molar-refractivity contribution >= 4 is 34.6 Å². The van der Waals surface area contributed by atoms with Crippen LogP contribution in [0.25, 0.3) is 16.9 Å². The SMILES string of the molecule is O=C(NC1CCCC1(F)F)c1nc(-c2ccc3nc(NC(=O)C4CC4)cn3c2)cs1. The second kappa shape index (κ2) is 7.12. The van der Waals surface area contributed by atoms with E-state index in [9.17, 15) is 18.4 Å². The Hall–Kier alpha value is -2.88. The molecule has 156 valence electrons. The maximum atomic E-state index is 13.8. The Morgan fingerprint density at radius 3 is 2.73 bits per heavy atom. The van der Waals surface area contributed by atoms with Gasteiger partial charge in [0.05, 0.1) is 17.9 Å². The standard InChI is InChI=1S/C20H19F2N5O2S/c21-20(22)7-1-2-14(20)24-18(29)19-23-13(10-30-19)12-5-6-16-25-15(9-27(16)8-12)26-17(28)11-3-4-11/h5-6,8-11,14H,1-4,7H2,(H,24,29)(H,26,28). The number of pyridine rings is 1. The number of thiazole rings is 1. The third-order valence-electron chi connectivity index (χ3n) is 5.46. The van der Waals surface area contributed by atoms with E-state index in [4.69, 9.17) is 0 Å². The highest BCUT2D eigenvalue weighted by molar-refractivity contribution is 7.12. The summed E-state index contributed by atoms with van der Waals surface area (Å²) >= 11 is 1.12. The normalized spacial score (nSPS) is 20.4. The van der Waals surface area contributed by atoms with E-state index < -0.39 is 17.9 Å². The van der Waals surface area contributed by atoms with E-state index in [1.807, 2.05) is 6.07 Å². The number of halogens is 2. The van der Waals surface area contributed by atoms with Gasteiger partial charge in [-0.05, 0) is 37.8 Å². The molecular formula is C20H19F2N5O2S. The van der Waals surface area contributed by atoms with Gasteiger partial charge in [-0.15, -0.1) is 11.3 Å². The number of anilines is 1.